The molecular formula is C24H22N2O4Se. The van der Waals surface area contributed by atoms with E-state index >= 15 is 0 Å². The van der Waals surface area contributed by atoms with Crippen molar-refractivity contribution in [3.8, 4) is 0 Å². The van der Waals surface area contributed by atoms with Crippen molar-refractivity contribution in [1.82, 2.24) is 9.97 Å². The minimum absolute atomic E-state index is 0.198. The number of esters is 2. The number of hydrogen-bond acceptors (Lipinski definition) is 4. The second-order valence-corrected chi connectivity index (χ2v) is 9.92. The van der Waals surface area contributed by atoms with Crippen molar-refractivity contribution >= 4 is 48.7 Å². The molecule has 2 aromatic carbocycles. The summed E-state index contributed by atoms with van der Waals surface area (Å²) in [4.78, 5) is 31.5. The van der Waals surface area contributed by atoms with E-state index in [-0.39, 0.29) is 37.0 Å². The fraction of sp³-hybridized carbons (Fsp3) is 0.250. The number of aromatic nitrogens is 2. The van der Waals surface area contributed by atoms with E-state index in [9.17, 15) is 9.59 Å². The number of hydrogen-bond donors (Lipinski definition) is 2. The Morgan fingerprint density at radius 1 is 0.774 bits per heavy atom. The third-order valence-electron chi connectivity index (χ3n) is 5.56. The zero-order valence-electron chi connectivity index (χ0n) is 16.8. The molecule has 3 heterocycles. The zero-order chi connectivity index (χ0) is 21.2. The predicted molar refractivity (Wildman–Crippen MR) is 119 cm³/mol. The summed E-state index contributed by atoms with van der Waals surface area (Å²) >= 11 is 0.303. The van der Waals surface area contributed by atoms with E-state index in [1.165, 1.54) is 0 Å². The minimum atomic E-state index is -0.357. The Bertz CT molecular complexity index is 1150. The topological polar surface area (TPSA) is 84.2 Å². The van der Waals surface area contributed by atoms with Gasteiger partial charge in [0.05, 0.1) is 0 Å². The Balaban J connectivity index is 1.19. The average molecular weight is 481 g/mol. The van der Waals surface area contributed by atoms with Gasteiger partial charge < -0.3 is 0 Å². The molecule has 31 heavy (non-hydrogen) atoms. The number of ether oxygens (including phenoxy) is 2. The predicted octanol–water partition coefficient (Wildman–Crippen LogP) is 3.81. The van der Waals surface area contributed by atoms with E-state index in [0.29, 0.717) is 15.0 Å². The molecule has 1 aliphatic rings. The van der Waals surface area contributed by atoms with Gasteiger partial charge in [-0.15, -0.1) is 0 Å². The molecule has 0 radical (unpaired) electrons. The molecular weight excluding hydrogens is 459 g/mol. The summed E-state index contributed by atoms with van der Waals surface area (Å²) < 4.78 is 11.5. The SMILES string of the molecule is O=C(Cc1c[nH]c2ccccc12)O[C@H]1C[Se]C[C@@H]1OC(=O)Cc1c[nH]c2ccccc12. The number of carbonyl (C=O) groups is 2. The fourth-order valence-corrected chi connectivity index (χ4v) is 6.47. The van der Waals surface area contributed by atoms with Gasteiger partial charge in [-0.05, 0) is 0 Å². The number of aromatic amines is 2. The van der Waals surface area contributed by atoms with Crippen LogP contribution < -0.4 is 0 Å². The Labute approximate surface area is 185 Å². The van der Waals surface area contributed by atoms with Crippen molar-refractivity contribution in [1.29, 1.82) is 0 Å². The molecule has 6 nitrogen and oxygen atoms in total. The summed E-state index contributed by atoms with van der Waals surface area (Å²) in [6.07, 6.45) is 3.38. The van der Waals surface area contributed by atoms with E-state index in [1.807, 2.05) is 60.9 Å². The molecule has 2 aromatic heterocycles. The van der Waals surface area contributed by atoms with Crippen LogP contribution in [0.1, 0.15) is 11.1 Å². The standard InChI is InChI=1S/C24H22N2O4Se/c27-23(9-15-11-25-19-7-3-1-5-17(15)19)29-21-13-31-14-22(21)30-24(28)10-16-12-26-20-8-4-2-6-18(16)20/h1-8,11-12,21-22,25-26H,9-10,13-14H2/t21-,22-/m0/s1. The molecule has 1 fully saturated rings. The molecule has 0 saturated carbocycles. The molecule has 4 aromatic rings. The van der Waals surface area contributed by atoms with Gasteiger partial charge >= 0.3 is 185 Å². The van der Waals surface area contributed by atoms with Crippen LogP contribution in [-0.4, -0.2) is 49.1 Å². The summed E-state index contributed by atoms with van der Waals surface area (Å²) in [5.74, 6) is -0.574. The van der Waals surface area contributed by atoms with Crippen molar-refractivity contribution in [2.75, 3.05) is 0 Å². The summed E-state index contributed by atoms with van der Waals surface area (Å²) in [6.45, 7) is 0. The third kappa shape index (κ3) is 4.24. The third-order valence-corrected chi connectivity index (χ3v) is 7.93. The molecule has 0 unspecified atom stereocenters. The van der Waals surface area contributed by atoms with Crippen molar-refractivity contribution < 1.29 is 19.1 Å². The van der Waals surface area contributed by atoms with Gasteiger partial charge in [0.2, 0.25) is 0 Å². The molecule has 2 atom stereocenters. The van der Waals surface area contributed by atoms with Gasteiger partial charge in [-0.25, -0.2) is 0 Å². The van der Waals surface area contributed by atoms with Crippen molar-refractivity contribution in [3.05, 3.63) is 72.1 Å². The first kappa shape index (κ1) is 19.9. The second-order valence-electron chi connectivity index (χ2n) is 7.67. The molecule has 0 spiro atoms. The normalized spacial score (nSPS) is 18.5. The monoisotopic (exact) mass is 482 g/mol. The number of benzene rings is 2. The first-order valence-electron chi connectivity index (χ1n) is 10.2. The van der Waals surface area contributed by atoms with Crippen molar-refractivity contribution in [3.63, 3.8) is 0 Å². The summed E-state index contributed by atoms with van der Waals surface area (Å²) in [7, 11) is 0. The first-order valence-corrected chi connectivity index (χ1v) is 12.7. The molecule has 1 aliphatic heterocycles. The van der Waals surface area contributed by atoms with Crippen LogP contribution in [0.5, 0.6) is 0 Å². The number of fused-ring (bicyclic) bond motifs is 2. The van der Waals surface area contributed by atoms with Gasteiger partial charge in [0.25, 0.3) is 0 Å². The van der Waals surface area contributed by atoms with Crippen LogP contribution in [0.15, 0.2) is 60.9 Å². The Hall–Kier alpha value is -3.02. The van der Waals surface area contributed by atoms with Crippen LogP contribution in [0.4, 0.5) is 0 Å². The van der Waals surface area contributed by atoms with Gasteiger partial charge in [0.1, 0.15) is 0 Å². The van der Waals surface area contributed by atoms with E-state index in [0.717, 1.165) is 43.6 Å². The number of rotatable bonds is 6. The molecule has 7 heteroatoms. The van der Waals surface area contributed by atoms with Crippen LogP contribution >= 0.6 is 0 Å². The summed E-state index contributed by atoms with van der Waals surface area (Å²) in [5, 5.41) is 3.60. The average Bonchev–Trinajstić information content (AvgIpc) is 3.49. The van der Waals surface area contributed by atoms with Crippen LogP contribution in [0.25, 0.3) is 21.8 Å². The molecule has 5 rings (SSSR count). The maximum atomic E-state index is 12.6. The summed E-state index contributed by atoms with van der Waals surface area (Å²) in [5.41, 5.74) is 3.83. The van der Waals surface area contributed by atoms with Crippen LogP contribution in [0.2, 0.25) is 10.6 Å². The molecule has 0 amide bonds. The van der Waals surface area contributed by atoms with E-state index in [4.69, 9.17) is 9.47 Å². The Morgan fingerprint density at radius 2 is 1.23 bits per heavy atom. The quantitative estimate of drug-likeness (QED) is 0.324. The number of nitrogens with one attached hydrogen (secondary N) is 2. The molecule has 1 saturated heterocycles. The first-order chi connectivity index (χ1) is 15.2. The number of carbonyl (C=O) groups excluding carboxylic acids is 2. The Morgan fingerprint density at radius 3 is 1.71 bits per heavy atom. The molecule has 158 valence electrons. The van der Waals surface area contributed by atoms with Crippen LogP contribution in [0.3, 0.4) is 0 Å². The molecule has 2 N–H and O–H groups in total. The zero-order valence-corrected chi connectivity index (χ0v) is 18.5. The van der Waals surface area contributed by atoms with Gasteiger partial charge in [0.15, 0.2) is 0 Å². The van der Waals surface area contributed by atoms with Crippen molar-refractivity contribution in [2.24, 2.45) is 0 Å². The molecule has 0 bridgehead atoms. The number of para-hydroxylation sites is 2. The number of H-pyrrole nitrogens is 2. The summed E-state index contributed by atoms with van der Waals surface area (Å²) in [6, 6.07) is 15.7. The van der Waals surface area contributed by atoms with Crippen LogP contribution in [-0.2, 0) is 31.9 Å². The van der Waals surface area contributed by atoms with Gasteiger partial charge in [-0.3, -0.25) is 0 Å². The van der Waals surface area contributed by atoms with Gasteiger partial charge in [-0.2, -0.15) is 0 Å². The van der Waals surface area contributed by atoms with Gasteiger partial charge in [0, 0.05) is 0 Å². The second kappa shape index (κ2) is 8.61. The molecule has 0 aliphatic carbocycles. The maximum absolute atomic E-state index is 12.6. The Kier molecular flexibility index (Phi) is 5.53. The fourth-order valence-electron chi connectivity index (χ4n) is 4.02. The van der Waals surface area contributed by atoms with Crippen molar-refractivity contribution in [2.45, 2.75) is 35.7 Å². The van der Waals surface area contributed by atoms with E-state index in [2.05, 4.69) is 9.97 Å². The van der Waals surface area contributed by atoms with Crippen LogP contribution in [0, 0.1) is 0 Å². The van der Waals surface area contributed by atoms with E-state index < -0.39 is 0 Å². The van der Waals surface area contributed by atoms with Gasteiger partial charge in [-0.1, -0.05) is 0 Å². The van der Waals surface area contributed by atoms with E-state index in [1.54, 1.807) is 0 Å².